The molecule has 0 aliphatic carbocycles. The van der Waals surface area contributed by atoms with Gasteiger partial charge in [0.25, 0.3) is 0 Å². The van der Waals surface area contributed by atoms with Crippen LogP contribution in [0, 0.1) is 13.8 Å². The molecule has 0 spiro atoms. The summed E-state index contributed by atoms with van der Waals surface area (Å²) >= 11 is 12.2. The van der Waals surface area contributed by atoms with Gasteiger partial charge >= 0.3 is 0 Å². The van der Waals surface area contributed by atoms with Gasteiger partial charge in [-0.1, -0.05) is 53.5 Å². The van der Waals surface area contributed by atoms with E-state index in [9.17, 15) is 0 Å². The van der Waals surface area contributed by atoms with Gasteiger partial charge in [-0.25, -0.2) is 4.98 Å². The maximum absolute atomic E-state index is 6.25. The number of halogens is 2. The van der Waals surface area contributed by atoms with Gasteiger partial charge in [0.05, 0.1) is 22.7 Å². The minimum Gasteiger partial charge on any atom is -0.493 e. The number of para-hydroxylation sites is 3. The molecule has 166 valence electrons. The highest BCUT2D eigenvalue weighted by Crippen LogP contribution is 2.29. The van der Waals surface area contributed by atoms with Gasteiger partial charge in [0.1, 0.15) is 23.9 Å². The number of nitrogens with zero attached hydrogens (tertiary/aromatic N) is 2. The van der Waals surface area contributed by atoms with Crippen LogP contribution in [0.2, 0.25) is 10.0 Å². The number of aryl methyl sites for hydroxylation is 3. The van der Waals surface area contributed by atoms with Gasteiger partial charge in [0, 0.05) is 11.6 Å². The molecule has 0 aliphatic rings. The molecule has 0 unspecified atom stereocenters. The molecule has 3 aromatic carbocycles. The Hall–Kier alpha value is -2.69. The van der Waals surface area contributed by atoms with Crippen molar-refractivity contribution in [3.63, 3.8) is 0 Å². The number of hydrogen-bond acceptors (Lipinski definition) is 3. The van der Waals surface area contributed by atoms with Crippen LogP contribution >= 0.6 is 23.2 Å². The number of hydrogen-bond donors (Lipinski definition) is 0. The average Bonchev–Trinajstić information content (AvgIpc) is 3.12. The zero-order valence-electron chi connectivity index (χ0n) is 18.3. The van der Waals surface area contributed by atoms with Crippen molar-refractivity contribution in [2.45, 2.75) is 39.8 Å². The van der Waals surface area contributed by atoms with Gasteiger partial charge in [-0.05, 0) is 68.1 Å². The zero-order valence-corrected chi connectivity index (χ0v) is 19.8. The molecule has 0 atom stereocenters. The van der Waals surface area contributed by atoms with Crippen LogP contribution in [-0.2, 0) is 13.2 Å². The van der Waals surface area contributed by atoms with Gasteiger partial charge in [-0.3, -0.25) is 0 Å². The molecule has 4 nitrogen and oxygen atoms in total. The maximum atomic E-state index is 6.25. The van der Waals surface area contributed by atoms with E-state index in [-0.39, 0.29) is 0 Å². The maximum Gasteiger partial charge on any atom is 0.147 e. The zero-order chi connectivity index (χ0) is 22.5. The lowest BCUT2D eigenvalue weighted by Gasteiger charge is -2.13. The standard InChI is InChI=1S/C26H26Cl2N2O2/c1-18-8-7-9-19(2)26(18)31-15-6-5-14-30-23-11-4-3-10-22(23)29-25(30)17-32-24-13-12-20(27)16-21(24)28/h3-4,7-13,16H,5-6,14-15,17H2,1-2H3. The summed E-state index contributed by atoms with van der Waals surface area (Å²) in [6.07, 6.45) is 1.92. The molecule has 0 radical (unpaired) electrons. The second kappa shape index (κ2) is 10.3. The minimum absolute atomic E-state index is 0.328. The van der Waals surface area contributed by atoms with E-state index in [0.717, 1.165) is 42.0 Å². The van der Waals surface area contributed by atoms with E-state index >= 15 is 0 Å². The van der Waals surface area contributed by atoms with Gasteiger partial charge in [0.2, 0.25) is 0 Å². The van der Waals surface area contributed by atoms with Crippen molar-refractivity contribution in [2.75, 3.05) is 6.61 Å². The molecular weight excluding hydrogens is 443 g/mol. The Balaban J connectivity index is 1.41. The molecule has 0 bridgehead atoms. The summed E-state index contributed by atoms with van der Waals surface area (Å²) in [6, 6.07) is 19.6. The van der Waals surface area contributed by atoms with E-state index < -0.39 is 0 Å². The third kappa shape index (κ3) is 5.20. The SMILES string of the molecule is Cc1cccc(C)c1OCCCCn1c(COc2ccc(Cl)cc2Cl)nc2ccccc21. The van der Waals surface area contributed by atoms with Crippen molar-refractivity contribution < 1.29 is 9.47 Å². The summed E-state index contributed by atoms with van der Waals surface area (Å²) in [6.45, 7) is 6.02. The first-order valence-electron chi connectivity index (χ1n) is 10.7. The average molecular weight is 469 g/mol. The quantitative estimate of drug-likeness (QED) is 0.240. The third-order valence-electron chi connectivity index (χ3n) is 5.42. The second-order valence-corrected chi connectivity index (χ2v) is 8.65. The third-order valence-corrected chi connectivity index (χ3v) is 5.95. The molecule has 0 saturated heterocycles. The summed E-state index contributed by atoms with van der Waals surface area (Å²) in [5.74, 6) is 2.46. The Morgan fingerprint density at radius 2 is 1.66 bits per heavy atom. The fraction of sp³-hybridized carbons (Fsp3) is 0.269. The van der Waals surface area contributed by atoms with Crippen LogP contribution in [0.3, 0.4) is 0 Å². The largest absolute Gasteiger partial charge is 0.493 e. The van der Waals surface area contributed by atoms with Crippen LogP contribution in [0.4, 0.5) is 0 Å². The van der Waals surface area contributed by atoms with E-state index in [4.69, 9.17) is 37.7 Å². The lowest BCUT2D eigenvalue weighted by molar-refractivity contribution is 0.284. The molecule has 1 aromatic heterocycles. The summed E-state index contributed by atoms with van der Waals surface area (Å²) in [5, 5.41) is 1.07. The highest BCUT2D eigenvalue weighted by Gasteiger charge is 2.12. The van der Waals surface area contributed by atoms with Gasteiger partial charge in [-0.15, -0.1) is 0 Å². The molecule has 0 saturated carbocycles. The van der Waals surface area contributed by atoms with Crippen molar-refractivity contribution in [1.82, 2.24) is 9.55 Å². The first kappa shape index (κ1) is 22.5. The summed E-state index contributed by atoms with van der Waals surface area (Å²) in [7, 11) is 0. The first-order valence-corrected chi connectivity index (χ1v) is 11.5. The summed E-state index contributed by atoms with van der Waals surface area (Å²) in [4.78, 5) is 4.78. The molecule has 1 heterocycles. The molecule has 32 heavy (non-hydrogen) atoms. The Morgan fingerprint density at radius 3 is 2.44 bits per heavy atom. The van der Waals surface area contributed by atoms with Crippen LogP contribution in [0.15, 0.2) is 60.7 Å². The highest BCUT2D eigenvalue weighted by molar-refractivity contribution is 6.35. The predicted octanol–water partition coefficient (Wildman–Crippen LogP) is 7.40. The Kier molecular flexibility index (Phi) is 7.23. The molecule has 4 rings (SSSR count). The van der Waals surface area contributed by atoms with Crippen molar-refractivity contribution in [2.24, 2.45) is 0 Å². The Bertz CT molecular complexity index is 1200. The van der Waals surface area contributed by atoms with E-state index in [1.165, 1.54) is 11.1 Å². The van der Waals surface area contributed by atoms with E-state index in [1.54, 1.807) is 18.2 Å². The molecule has 6 heteroatoms. The van der Waals surface area contributed by atoms with Crippen molar-refractivity contribution in [3.05, 3.63) is 87.7 Å². The number of aromatic nitrogens is 2. The fourth-order valence-corrected chi connectivity index (χ4v) is 4.26. The number of imidazole rings is 1. The van der Waals surface area contributed by atoms with Crippen LogP contribution in [-0.4, -0.2) is 16.2 Å². The number of ether oxygens (including phenoxy) is 2. The molecule has 0 N–H and O–H groups in total. The topological polar surface area (TPSA) is 36.3 Å². The van der Waals surface area contributed by atoms with E-state index in [1.807, 2.05) is 18.2 Å². The molecule has 0 amide bonds. The monoisotopic (exact) mass is 468 g/mol. The molecule has 0 fully saturated rings. The number of benzene rings is 3. The van der Waals surface area contributed by atoms with Crippen LogP contribution in [0.5, 0.6) is 11.5 Å². The van der Waals surface area contributed by atoms with Crippen LogP contribution in [0.25, 0.3) is 11.0 Å². The number of fused-ring (bicyclic) bond motifs is 1. The molecule has 0 aliphatic heterocycles. The van der Waals surface area contributed by atoms with Gasteiger partial charge in [-0.2, -0.15) is 0 Å². The Labute approximate surface area is 198 Å². The van der Waals surface area contributed by atoms with Crippen molar-refractivity contribution in [1.29, 1.82) is 0 Å². The summed E-state index contributed by atoms with van der Waals surface area (Å²) in [5.41, 5.74) is 4.40. The Morgan fingerprint density at radius 1 is 0.875 bits per heavy atom. The highest BCUT2D eigenvalue weighted by atomic mass is 35.5. The molecule has 4 aromatic rings. The fourth-order valence-electron chi connectivity index (χ4n) is 3.79. The second-order valence-electron chi connectivity index (χ2n) is 7.81. The first-order chi connectivity index (χ1) is 15.5. The van der Waals surface area contributed by atoms with Crippen molar-refractivity contribution >= 4 is 34.2 Å². The lowest BCUT2D eigenvalue weighted by atomic mass is 10.1. The number of unbranched alkanes of at least 4 members (excludes halogenated alkanes) is 1. The number of rotatable bonds is 9. The van der Waals surface area contributed by atoms with E-state index in [2.05, 4.69) is 42.7 Å². The summed E-state index contributed by atoms with van der Waals surface area (Å²) < 4.78 is 14.2. The van der Waals surface area contributed by atoms with Crippen LogP contribution < -0.4 is 9.47 Å². The van der Waals surface area contributed by atoms with Gasteiger partial charge < -0.3 is 14.0 Å². The minimum atomic E-state index is 0.328. The van der Waals surface area contributed by atoms with Gasteiger partial charge in [0.15, 0.2) is 0 Å². The smallest absolute Gasteiger partial charge is 0.147 e. The van der Waals surface area contributed by atoms with Crippen LogP contribution in [0.1, 0.15) is 29.8 Å². The predicted molar refractivity (Wildman–Crippen MR) is 131 cm³/mol. The van der Waals surface area contributed by atoms with Crippen molar-refractivity contribution in [3.8, 4) is 11.5 Å². The lowest BCUT2D eigenvalue weighted by Crippen LogP contribution is -2.09. The molecular formula is C26H26Cl2N2O2. The van der Waals surface area contributed by atoms with E-state index in [0.29, 0.717) is 29.0 Å². The normalized spacial score (nSPS) is 11.1.